The second-order valence-electron chi connectivity index (χ2n) is 6.51. The Morgan fingerprint density at radius 2 is 1.96 bits per heavy atom. The predicted octanol–water partition coefficient (Wildman–Crippen LogP) is 4.78. The maximum Gasteiger partial charge on any atom is 0.170 e. The predicted molar refractivity (Wildman–Crippen MR) is 99.7 cm³/mol. The van der Waals surface area contributed by atoms with Crippen LogP contribution in [0.3, 0.4) is 0 Å². The van der Waals surface area contributed by atoms with Gasteiger partial charge in [0.25, 0.3) is 0 Å². The van der Waals surface area contributed by atoms with Crippen molar-refractivity contribution in [2.45, 2.75) is 26.3 Å². The smallest absolute Gasteiger partial charge is 0.170 e. The molecule has 0 aromatic heterocycles. The minimum atomic E-state index is -0.0966. The first-order valence-electron chi connectivity index (χ1n) is 8.75. The number of hydrogen-bond acceptors (Lipinski definition) is 2. The third-order valence-corrected chi connectivity index (χ3v) is 4.80. The number of carbonyl (C=O) groups is 1. The quantitative estimate of drug-likeness (QED) is 0.590. The van der Waals surface area contributed by atoms with Crippen LogP contribution in [0.5, 0.6) is 0 Å². The van der Waals surface area contributed by atoms with E-state index in [1.807, 2.05) is 30.3 Å². The normalized spacial score (nSPS) is 28.8. The molecule has 0 amide bonds. The standard InChI is InChI=1S/C22H25NO/c1-3-23-15-7-10-19(22(24)18-8-5-4-6-9-18)12-13-20-16-17(2)11-14-21(20)23/h4-9,11-16,19-21H,3,10H2,1-2H3/b13-12+,15-7+. The van der Waals surface area contributed by atoms with E-state index in [4.69, 9.17) is 0 Å². The molecule has 3 unspecified atom stereocenters. The molecule has 3 atom stereocenters. The number of likely N-dealkylation sites (N-methyl/N-ethyl adjacent to an activating group) is 1. The van der Waals surface area contributed by atoms with Crippen LogP contribution in [0, 0.1) is 11.8 Å². The first kappa shape index (κ1) is 16.5. The lowest BCUT2D eigenvalue weighted by Crippen LogP contribution is -2.35. The second-order valence-corrected chi connectivity index (χ2v) is 6.51. The van der Waals surface area contributed by atoms with E-state index in [1.165, 1.54) is 5.57 Å². The van der Waals surface area contributed by atoms with Crippen molar-refractivity contribution < 1.29 is 4.79 Å². The molecule has 3 rings (SSSR count). The topological polar surface area (TPSA) is 20.3 Å². The zero-order chi connectivity index (χ0) is 16.9. The number of benzene rings is 1. The Balaban J connectivity index is 1.89. The van der Waals surface area contributed by atoms with Crippen LogP contribution in [0.15, 0.2) is 78.6 Å². The Morgan fingerprint density at radius 3 is 2.71 bits per heavy atom. The average Bonchev–Trinajstić information content (AvgIpc) is 2.70. The van der Waals surface area contributed by atoms with E-state index < -0.39 is 0 Å². The first-order chi connectivity index (χ1) is 11.7. The number of Topliss-reactive ketones (excluding diaryl/α,β-unsaturated/α-hetero) is 1. The summed E-state index contributed by atoms with van der Waals surface area (Å²) in [5.41, 5.74) is 2.07. The lowest BCUT2D eigenvalue weighted by molar-refractivity contribution is 0.0946. The van der Waals surface area contributed by atoms with Gasteiger partial charge < -0.3 is 4.90 Å². The Hall–Kier alpha value is -2.35. The Labute approximate surface area is 144 Å². The van der Waals surface area contributed by atoms with Crippen LogP contribution < -0.4 is 0 Å². The van der Waals surface area contributed by atoms with Gasteiger partial charge >= 0.3 is 0 Å². The molecule has 124 valence electrons. The van der Waals surface area contributed by atoms with Crippen molar-refractivity contribution in [1.29, 1.82) is 0 Å². The number of ketones is 1. The Bertz CT molecular complexity index is 696. The molecule has 1 heterocycles. The van der Waals surface area contributed by atoms with Crippen LogP contribution in [-0.2, 0) is 0 Å². The summed E-state index contributed by atoms with van der Waals surface area (Å²) >= 11 is 0. The molecular weight excluding hydrogens is 294 g/mol. The van der Waals surface area contributed by atoms with Crippen molar-refractivity contribution in [2.24, 2.45) is 11.8 Å². The van der Waals surface area contributed by atoms with Gasteiger partial charge in [0.05, 0.1) is 6.04 Å². The van der Waals surface area contributed by atoms with Gasteiger partial charge in [-0.2, -0.15) is 0 Å². The fourth-order valence-electron chi connectivity index (χ4n) is 3.45. The van der Waals surface area contributed by atoms with Gasteiger partial charge in [-0.15, -0.1) is 0 Å². The molecule has 1 aromatic carbocycles. The number of carbonyl (C=O) groups excluding carboxylic acids is 1. The molecule has 24 heavy (non-hydrogen) atoms. The largest absolute Gasteiger partial charge is 0.371 e. The molecule has 0 saturated carbocycles. The van der Waals surface area contributed by atoms with Crippen LogP contribution in [0.2, 0.25) is 0 Å². The molecule has 0 N–H and O–H groups in total. The third-order valence-electron chi connectivity index (χ3n) is 4.80. The van der Waals surface area contributed by atoms with Crippen LogP contribution >= 0.6 is 0 Å². The number of fused-ring (bicyclic) bond motifs is 1. The van der Waals surface area contributed by atoms with Gasteiger partial charge in [-0.25, -0.2) is 0 Å². The lowest BCUT2D eigenvalue weighted by Gasteiger charge is -2.33. The molecule has 1 aromatic rings. The summed E-state index contributed by atoms with van der Waals surface area (Å²) in [5, 5.41) is 0. The Kier molecular flexibility index (Phi) is 5.14. The highest BCUT2D eigenvalue weighted by atomic mass is 16.1. The minimum absolute atomic E-state index is 0.0966. The zero-order valence-electron chi connectivity index (χ0n) is 14.4. The molecule has 0 saturated heterocycles. The monoisotopic (exact) mass is 319 g/mol. The highest BCUT2D eigenvalue weighted by Gasteiger charge is 2.24. The molecule has 2 nitrogen and oxygen atoms in total. The van der Waals surface area contributed by atoms with Crippen molar-refractivity contribution in [3.63, 3.8) is 0 Å². The fourth-order valence-corrected chi connectivity index (χ4v) is 3.45. The van der Waals surface area contributed by atoms with Gasteiger partial charge in [-0.3, -0.25) is 4.79 Å². The van der Waals surface area contributed by atoms with Crippen LogP contribution in [0.4, 0.5) is 0 Å². The summed E-state index contributed by atoms with van der Waals surface area (Å²) in [7, 11) is 0. The van der Waals surface area contributed by atoms with Gasteiger partial charge in [-0.05, 0) is 26.5 Å². The van der Waals surface area contributed by atoms with Gasteiger partial charge in [0, 0.05) is 23.9 Å². The maximum atomic E-state index is 12.8. The molecular formula is C22H25NO. The molecule has 2 aliphatic rings. The van der Waals surface area contributed by atoms with E-state index in [0.717, 1.165) is 18.5 Å². The summed E-state index contributed by atoms with van der Waals surface area (Å²) in [6, 6.07) is 9.93. The van der Waals surface area contributed by atoms with Gasteiger partial charge in [0.1, 0.15) is 0 Å². The maximum absolute atomic E-state index is 12.8. The van der Waals surface area contributed by atoms with Gasteiger partial charge in [0.2, 0.25) is 0 Å². The van der Waals surface area contributed by atoms with Crippen LogP contribution in [-0.4, -0.2) is 23.3 Å². The highest BCUT2D eigenvalue weighted by Crippen LogP contribution is 2.27. The van der Waals surface area contributed by atoms with Gasteiger partial charge in [0.15, 0.2) is 5.78 Å². The third kappa shape index (κ3) is 3.59. The minimum Gasteiger partial charge on any atom is -0.371 e. The number of hydrogen-bond donors (Lipinski definition) is 0. The summed E-state index contributed by atoms with van der Waals surface area (Å²) < 4.78 is 0. The fraction of sp³-hybridized carbons (Fsp3) is 0.318. The van der Waals surface area contributed by atoms with E-state index in [2.05, 4.69) is 61.4 Å². The molecule has 1 aliphatic heterocycles. The molecule has 0 fully saturated rings. The van der Waals surface area contributed by atoms with Gasteiger partial charge in [-0.1, -0.05) is 72.4 Å². The molecule has 0 spiro atoms. The molecule has 0 radical (unpaired) electrons. The second kappa shape index (κ2) is 7.48. The van der Waals surface area contributed by atoms with Crippen LogP contribution in [0.1, 0.15) is 30.6 Å². The van der Waals surface area contributed by atoms with E-state index in [1.54, 1.807) is 0 Å². The zero-order valence-corrected chi connectivity index (χ0v) is 14.4. The van der Waals surface area contributed by atoms with E-state index in [9.17, 15) is 4.79 Å². The highest BCUT2D eigenvalue weighted by molar-refractivity contribution is 5.99. The summed E-state index contributed by atoms with van der Waals surface area (Å²) in [6.07, 6.45) is 16.1. The summed E-state index contributed by atoms with van der Waals surface area (Å²) in [4.78, 5) is 15.2. The van der Waals surface area contributed by atoms with Crippen molar-refractivity contribution in [3.8, 4) is 0 Å². The van der Waals surface area contributed by atoms with E-state index in [-0.39, 0.29) is 11.7 Å². The summed E-state index contributed by atoms with van der Waals surface area (Å²) in [5.74, 6) is 0.412. The molecule has 2 heteroatoms. The number of nitrogens with zero attached hydrogens (tertiary/aromatic N) is 1. The lowest BCUT2D eigenvalue weighted by atomic mass is 9.88. The van der Waals surface area contributed by atoms with E-state index >= 15 is 0 Å². The van der Waals surface area contributed by atoms with Crippen LogP contribution in [0.25, 0.3) is 0 Å². The summed E-state index contributed by atoms with van der Waals surface area (Å²) in [6.45, 7) is 5.26. The average molecular weight is 319 g/mol. The van der Waals surface area contributed by atoms with Crippen molar-refractivity contribution in [3.05, 3.63) is 84.1 Å². The SMILES string of the molecule is CCN1/C=C/CC(C(=O)c2ccccc2)/C=C/C2C=C(C)C=CC21. The number of rotatable bonds is 3. The number of allylic oxidation sites excluding steroid dienone is 4. The van der Waals surface area contributed by atoms with E-state index in [0.29, 0.717) is 12.0 Å². The van der Waals surface area contributed by atoms with Crippen molar-refractivity contribution in [2.75, 3.05) is 6.54 Å². The first-order valence-corrected chi connectivity index (χ1v) is 8.75. The molecule has 0 bridgehead atoms. The van der Waals surface area contributed by atoms with Crippen molar-refractivity contribution in [1.82, 2.24) is 4.90 Å². The van der Waals surface area contributed by atoms with Crippen molar-refractivity contribution >= 4 is 5.78 Å². The molecule has 1 aliphatic carbocycles. The Morgan fingerprint density at radius 1 is 1.17 bits per heavy atom.